The van der Waals surface area contributed by atoms with E-state index in [-0.39, 0.29) is 12.5 Å². The molecule has 0 aliphatic heterocycles. The summed E-state index contributed by atoms with van der Waals surface area (Å²) in [7, 11) is 0. The van der Waals surface area contributed by atoms with E-state index >= 15 is 0 Å². The van der Waals surface area contributed by atoms with Crippen LogP contribution in [-0.2, 0) is 11.3 Å². The number of hydrogen-bond acceptors (Lipinski definition) is 4. The fourth-order valence-electron chi connectivity index (χ4n) is 1.31. The van der Waals surface area contributed by atoms with Crippen molar-refractivity contribution in [2.45, 2.75) is 18.4 Å². The predicted octanol–water partition coefficient (Wildman–Crippen LogP) is 1.53. The van der Waals surface area contributed by atoms with Gasteiger partial charge in [-0.2, -0.15) is 5.26 Å². The van der Waals surface area contributed by atoms with E-state index in [0.717, 1.165) is 18.0 Å². The number of thioether (sulfide) groups is 1. The second-order valence-corrected chi connectivity index (χ2v) is 4.70. The third kappa shape index (κ3) is 5.71. The van der Waals surface area contributed by atoms with Crippen LogP contribution in [0, 0.1) is 11.3 Å². The number of nitrogens with zero attached hydrogens (tertiary/aromatic N) is 1. The first kappa shape index (κ1) is 14.6. The lowest BCUT2D eigenvalue weighted by molar-refractivity contribution is -0.118. The van der Waals surface area contributed by atoms with E-state index in [4.69, 9.17) is 5.26 Å². The molecular formula is C13H17N3OS. The van der Waals surface area contributed by atoms with E-state index in [2.05, 4.69) is 29.7 Å². The molecule has 0 aromatic heterocycles. The predicted molar refractivity (Wildman–Crippen MR) is 73.2 cm³/mol. The summed E-state index contributed by atoms with van der Waals surface area (Å²) in [5, 5.41) is 14.1. The molecular weight excluding hydrogens is 246 g/mol. The van der Waals surface area contributed by atoms with Crippen molar-refractivity contribution >= 4 is 17.7 Å². The fourth-order valence-corrected chi connectivity index (χ4v) is 2.04. The van der Waals surface area contributed by atoms with E-state index in [1.807, 2.05) is 18.2 Å². The van der Waals surface area contributed by atoms with Crippen LogP contribution in [0.1, 0.15) is 12.5 Å². The van der Waals surface area contributed by atoms with Gasteiger partial charge in [0.2, 0.25) is 5.91 Å². The molecule has 1 amide bonds. The number of amides is 1. The van der Waals surface area contributed by atoms with Crippen molar-refractivity contribution in [3.8, 4) is 6.07 Å². The number of nitrogens with one attached hydrogen (secondary N) is 2. The van der Waals surface area contributed by atoms with E-state index in [0.29, 0.717) is 5.75 Å². The van der Waals surface area contributed by atoms with Crippen molar-refractivity contribution in [1.29, 1.82) is 5.26 Å². The molecule has 0 spiro atoms. The zero-order valence-electron chi connectivity index (χ0n) is 10.4. The van der Waals surface area contributed by atoms with Crippen LogP contribution in [0.3, 0.4) is 0 Å². The molecule has 1 rings (SSSR count). The van der Waals surface area contributed by atoms with Crippen LogP contribution in [0.25, 0.3) is 0 Å². The lowest BCUT2D eigenvalue weighted by Gasteiger charge is -2.04. The minimum Gasteiger partial charge on any atom is -0.342 e. The number of nitriles is 1. The summed E-state index contributed by atoms with van der Waals surface area (Å²) in [6, 6.07) is 10.0. The Morgan fingerprint density at radius 1 is 1.39 bits per heavy atom. The third-order valence-corrected chi connectivity index (χ3v) is 3.25. The Bertz CT molecular complexity index is 411. The number of carbonyl (C=O) groups excluding carboxylic acids is 1. The highest BCUT2D eigenvalue weighted by atomic mass is 32.2. The van der Waals surface area contributed by atoms with Gasteiger partial charge in [-0.25, -0.2) is 0 Å². The Morgan fingerprint density at radius 3 is 2.72 bits per heavy atom. The van der Waals surface area contributed by atoms with Crippen LogP contribution in [-0.4, -0.2) is 24.7 Å². The van der Waals surface area contributed by atoms with Gasteiger partial charge in [-0.15, -0.1) is 11.8 Å². The smallest absolute Gasteiger partial charge is 0.231 e. The van der Waals surface area contributed by atoms with Crippen LogP contribution in [0.2, 0.25) is 0 Å². The quantitative estimate of drug-likeness (QED) is 0.578. The van der Waals surface area contributed by atoms with Gasteiger partial charge in [-0.3, -0.25) is 4.79 Å². The van der Waals surface area contributed by atoms with Gasteiger partial charge in [-0.05, 0) is 24.2 Å². The lowest BCUT2D eigenvalue weighted by Crippen LogP contribution is -2.25. The van der Waals surface area contributed by atoms with Crippen molar-refractivity contribution in [3.05, 3.63) is 29.8 Å². The standard InChI is InChI=1S/C13H17N3OS/c1-2-15-9-11-3-5-12(6-4-11)18-10-13(17)16-8-7-14/h3-6,15H,2,8-10H2,1H3,(H,16,17). The highest BCUT2D eigenvalue weighted by Crippen LogP contribution is 2.18. The van der Waals surface area contributed by atoms with Gasteiger partial charge < -0.3 is 10.6 Å². The Kier molecular flexibility index (Phi) is 6.92. The van der Waals surface area contributed by atoms with Crippen molar-refractivity contribution in [2.24, 2.45) is 0 Å². The molecule has 0 aliphatic rings. The summed E-state index contributed by atoms with van der Waals surface area (Å²) in [6.45, 7) is 3.96. The summed E-state index contributed by atoms with van der Waals surface area (Å²) < 4.78 is 0. The molecule has 2 N–H and O–H groups in total. The average Bonchev–Trinajstić information content (AvgIpc) is 2.41. The SMILES string of the molecule is CCNCc1ccc(SCC(=O)NCC#N)cc1. The maximum Gasteiger partial charge on any atom is 0.231 e. The van der Waals surface area contributed by atoms with Crippen LogP contribution >= 0.6 is 11.8 Å². The summed E-state index contributed by atoms with van der Waals surface area (Å²) in [4.78, 5) is 12.3. The Morgan fingerprint density at radius 2 is 2.11 bits per heavy atom. The Balaban J connectivity index is 2.35. The van der Waals surface area contributed by atoms with Gasteiger partial charge in [0, 0.05) is 11.4 Å². The molecule has 0 atom stereocenters. The number of carbonyl (C=O) groups is 1. The van der Waals surface area contributed by atoms with Crippen LogP contribution in [0.15, 0.2) is 29.2 Å². The number of hydrogen-bond donors (Lipinski definition) is 2. The van der Waals surface area contributed by atoms with Crippen molar-refractivity contribution in [1.82, 2.24) is 10.6 Å². The first-order valence-corrected chi connectivity index (χ1v) is 6.81. The van der Waals surface area contributed by atoms with Gasteiger partial charge in [0.1, 0.15) is 6.54 Å². The summed E-state index contributed by atoms with van der Waals surface area (Å²) in [6.07, 6.45) is 0. The van der Waals surface area contributed by atoms with Crippen molar-refractivity contribution < 1.29 is 4.79 Å². The Labute approximate surface area is 112 Å². The zero-order valence-corrected chi connectivity index (χ0v) is 11.2. The summed E-state index contributed by atoms with van der Waals surface area (Å²) >= 11 is 1.47. The summed E-state index contributed by atoms with van der Waals surface area (Å²) in [5.74, 6) is 0.229. The molecule has 4 nitrogen and oxygen atoms in total. The molecule has 0 unspecified atom stereocenters. The molecule has 0 fully saturated rings. The third-order valence-electron chi connectivity index (χ3n) is 2.24. The van der Waals surface area contributed by atoms with E-state index in [1.165, 1.54) is 17.3 Å². The van der Waals surface area contributed by atoms with Gasteiger partial charge in [0.25, 0.3) is 0 Å². The fraction of sp³-hybridized carbons (Fsp3) is 0.385. The number of benzene rings is 1. The van der Waals surface area contributed by atoms with Gasteiger partial charge in [0.05, 0.1) is 11.8 Å². The largest absolute Gasteiger partial charge is 0.342 e. The molecule has 5 heteroatoms. The monoisotopic (exact) mass is 263 g/mol. The molecule has 1 aromatic carbocycles. The average molecular weight is 263 g/mol. The van der Waals surface area contributed by atoms with Gasteiger partial charge >= 0.3 is 0 Å². The van der Waals surface area contributed by atoms with Gasteiger partial charge in [-0.1, -0.05) is 19.1 Å². The highest BCUT2D eigenvalue weighted by Gasteiger charge is 2.01. The highest BCUT2D eigenvalue weighted by molar-refractivity contribution is 8.00. The van der Waals surface area contributed by atoms with E-state index < -0.39 is 0 Å². The molecule has 96 valence electrons. The lowest BCUT2D eigenvalue weighted by atomic mass is 10.2. The van der Waals surface area contributed by atoms with E-state index in [9.17, 15) is 4.79 Å². The normalized spacial score (nSPS) is 9.78. The minimum atomic E-state index is -0.113. The molecule has 18 heavy (non-hydrogen) atoms. The topological polar surface area (TPSA) is 64.9 Å². The first-order chi connectivity index (χ1) is 8.76. The minimum absolute atomic E-state index is 0.0705. The Hall–Kier alpha value is -1.51. The molecule has 0 aliphatic carbocycles. The molecule has 0 saturated heterocycles. The molecule has 0 bridgehead atoms. The zero-order chi connectivity index (χ0) is 13.2. The number of rotatable bonds is 7. The van der Waals surface area contributed by atoms with Gasteiger partial charge in [0.15, 0.2) is 0 Å². The first-order valence-electron chi connectivity index (χ1n) is 5.82. The maximum absolute atomic E-state index is 11.3. The van der Waals surface area contributed by atoms with Crippen LogP contribution in [0.4, 0.5) is 0 Å². The summed E-state index contributed by atoms with van der Waals surface area (Å²) in [5.41, 5.74) is 1.23. The maximum atomic E-state index is 11.3. The van der Waals surface area contributed by atoms with Crippen molar-refractivity contribution in [3.63, 3.8) is 0 Å². The molecule has 0 radical (unpaired) electrons. The molecule has 1 aromatic rings. The second-order valence-electron chi connectivity index (χ2n) is 3.65. The van der Waals surface area contributed by atoms with Crippen molar-refractivity contribution in [2.75, 3.05) is 18.8 Å². The molecule has 0 saturated carbocycles. The van der Waals surface area contributed by atoms with Crippen LogP contribution in [0.5, 0.6) is 0 Å². The van der Waals surface area contributed by atoms with Crippen LogP contribution < -0.4 is 10.6 Å². The second kappa shape index (κ2) is 8.56. The van der Waals surface area contributed by atoms with E-state index in [1.54, 1.807) is 0 Å². The molecule has 0 heterocycles.